The maximum atomic E-state index is 11.5. The molecule has 1 heterocycles. The molecular weight excluding hydrogens is 166 g/mol. The number of hydrogen-bond donors (Lipinski definition) is 0. The van der Waals surface area contributed by atoms with E-state index in [4.69, 9.17) is 4.74 Å². The van der Waals surface area contributed by atoms with Crippen LogP contribution >= 0.6 is 0 Å². The lowest BCUT2D eigenvalue weighted by Crippen LogP contribution is -2.38. The van der Waals surface area contributed by atoms with Gasteiger partial charge in [-0.25, -0.2) is 4.79 Å². The second-order valence-electron chi connectivity index (χ2n) is 4.30. The van der Waals surface area contributed by atoms with Crippen molar-refractivity contribution in [2.75, 3.05) is 6.54 Å². The molecule has 0 radical (unpaired) electrons. The van der Waals surface area contributed by atoms with Gasteiger partial charge in [0.05, 0.1) is 6.04 Å². The van der Waals surface area contributed by atoms with Gasteiger partial charge in [0.25, 0.3) is 0 Å². The van der Waals surface area contributed by atoms with Crippen LogP contribution in [0.15, 0.2) is 12.2 Å². The van der Waals surface area contributed by atoms with E-state index >= 15 is 0 Å². The Kier molecular flexibility index (Phi) is 2.64. The first-order chi connectivity index (χ1) is 5.90. The van der Waals surface area contributed by atoms with Crippen LogP contribution < -0.4 is 0 Å². The largest absolute Gasteiger partial charge is 0.444 e. The summed E-state index contributed by atoms with van der Waals surface area (Å²) in [5.41, 5.74) is -0.403. The van der Waals surface area contributed by atoms with Gasteiger partial charge < -0.3 is 4.74 Å². The quantitative estimate of drug-likeness (QED) is 0.539. The van der Waals surface area contributed by atoms with Gasteiger partial charge in [0, 0.05) is 6.54 Å². The predicted molar refractivity (Wildman–Crippen MR) is 51.5 cm³/mol. The SMILES string of the molecule is C[C@@H]1C=CCN1C(=O)OC(C)(C)C. The molecule has 0 aliphatic carbocycles. The molecule has 0 fully saturated rings. The van der Waals surface area contributed by atoms with Gasteiger partial charge in [-0.1, -0.05) is 12.2 Å². The smallest absolute Gasteiger partial charge is 0.411 e. The van der Waals surface area contributed by atoms with Crippen molar-refractivity contribution in [3.05, 3.63) is 12.2 Å². The zero-order valence-corrected chi connectivity index (χ0v) is 8.70. The predicted octanol–water partition coefficient (Wildman–Crippen LogP) is 2.18. The van der Waals surface area contributed by atoms with Crippen LogP contribution in [-0.2, 0) is 4.74 Å². The van der Waals surface area contributed by atoms with E-state index in [2.05, 4.69) is 0 Å². The zero-order valence-electron chi connectivity index (χ0n) is 8.70. The van der Waals surface area contributed by atoms with E-state index in [0.29, 0.717) is 6.54 Å². The minimum atomic E-state index is -0.403. The van der Waals surface area contributed by atoms with Crippen LogP contribution in [0, 0.1) is 0 Å². The first-order valence-electron chi connectivity index (χ1n) is 4.56. The fourth-order valence-electron chi connectivity index (χ4n) is 1.20. The van der Waals surface area contributed by atoms with Gasteiger partial charge in [-0.15, -0.1) is 0 Å². The topological polar surface area (TPSA) is 29.5 Å². The Hall–Kier alpha value is -0.990. The van der Waals surface area contributed by atoms with Crippen molar-refractivity contribution in [3.63, 3.8) is 0 Å². The highest BCUT2D eigenvalue weighted by molar-refractivity contribution is 5.69. The summed E-state index contributed by atoms with van der Waals surface area (Å²) in [7, 11) is 0. The lowest BCUT2D eigenvalue weighted by Gasteiger charge is -2.26. The molecule has 0 saturated heterocycles. The van der Waals surface area contributed by atoms with Gasteiger partial charge >= 0.3 is 6.09 Å². The van der Waals surface area contributed by atoms with Gasteiger partial charge in [-0.05, 0) is 27.7 Å². The van der Waals surface area contributed by atoms with Gasteiger partial charge in [0.15, 0.2) is 0 Å². The minimum absolute atomic E-state index is 0.162. The summed E-state index contributed by atoms with van der Waals surface area (Å²) in [6.45, 7) is 8.26. The molecule has 3 heteroatoms. The van der Waals surface area contributed by atoms with Crippen molar-refractivity contribution in [2.45, 2.75) is 39.3 Å². The minimum Gasteiger partial charge on any atom is -0.444 e. The molecule has 0 spiro atoms. The average Bonchev–Trinajstić information content (AvgIpc) is 2.30. The van der Waals surface area contributed by atoms with Crippen LogP contribution in [-0.4, -0.2) is 29.2 Å². The van der Waals surface area contributed by atoms with Crippen molar-refractivity contribution in [2.24, 2.45) is 0 Å². The normalized spacial score (nSPS) is 22.2. The molecule has 1 atom stereocenters. The van der Waals surface area contributed by atoms with Crippen LogP contribution in [0.2, 0.25) is 0 Å². The van der Waals surface area contributed by atoms with Crippen LogP contribution in [0.5, 0.6) is 0 Å². The van der Waals surface area contributed by atoms with E-state index in [9.17, 15) is 4.79 Å². The summed E-state index contributed by atoms with van der Waals surface area (Å²) < 4.78 is 5.24. The molecule has 0 bridgehead atoms. The molecule has 1 amide bonds. The second kappa shape index (κ2) is 3.40. The summed E-state index contributed by atoms with van der Waals surface area (Å²) >= 11 is 0. The Bertz CT molecular complexity index is 228. The van der Waals surface area contributed by atoms with Gasteiger partial charge in [0.2, 0.25) is 0 Å². The maximum Gasteiger partial charge on any atom is 0.411 e. The monoisotopic (exact) mass is 183 g/mol. The Morgan fingerprint density at radius 1 is 1.54 bits per heavy atom. The fraction of sp³-hybridized carbons (Fsp3) is 0.700. The average molecular weight is 183 g/mol. The first kappa shape index (κ1) is 10.1. The van der Waals surface area contributed by atoms with E-state index in [0.717, 1.165) is 0 Å². The highest BCUT2D eigenvalue weighted by atomic mass is 16.6. The third kappa shape index (κ3) is 2.76. The fourth-order valence-corrected chi connectivity index (χ4v) is 1.20. The lowest BCUT2D eigenvalue weighted by atomic mass is 10.2. The molecule has 0 aromatic rings. The molecule has 0 N–H and O–H groups in total. The summed E-state index contributed by atoms with van der Waals surface area (Å²) in [5, 5.41) is 0. The number of carbonyl (C=O) groups is 1. The van der Waals surface area contributed by atoms with Crippen molar-refractivity contribution < 1.29 is 9.53 Å². The van der Waals surface area contributed by atoms with Crippen LogP contribution in [0.4, 0.5) is 4.79 Å². The number of amides is 1. The lowest BCUT2D eigenvalue weighted by molar-refractivity contribution is 0.0253. The van der Waals surface area contributed by atoms with Crippen LogP contribution in [0.25, 0.3) is 0 Å². The number of hydrogen-bond acceptors (Lipinski definition) is 2. The molecule has 0 saturated carbocycles. The summed E-state index contributed by atoms with van der Waals surface area (Å²) in [4.78, 5) is 13.2. The zero-order chi connectivity index (χ0) is 10.1. The van der Waals surface area contributed by atoms with Gasteiger partial charge in [-0.2, -0.15) is 0 Å². The summed E-state index contributed by atoms with van der Waals surface area (Å²) in [6.07, 6.45) is 3.75. The number of ether oxygens (including phenoxy) is 1. The van der Waals surface area contributed by atoms with E-state index in [1.54, 1.807) is 4.90 Å². The number of rotatable bonds is 0. The molecule has 13 heavy (non-hydrogen) atoms. The molecule has 1 aliphatic heterocycles. The van der Waals surface area contributed by atoms with Crippen LogP contribution in [0.1, 0.15) is 27.7 Å². The Labute approximate surface area is 79.4 Å². The summed E-state index contributed by atoms with van der Waals surface area (Å²) in [5.74, 6) is 0. The van der Waals surface area contributed by atoms with Gasteiger partial charge in [-0.3, -0.25) is 4.90 Å². The molecule has 1 rings (SSSR count). The van der Waals surface area contributed by atoms with E-state index < -0.39 is 5.60 Å². The van der Waals surface area contributed by atoms with Crippen molar-refractivity contribution >= 4 is 6.09 Å². The van der Waals surface area contributed by atoms with Crippen molar-refractivity contribution in [1.82, 2.24) is 4.90 Å². The Morgan fingerprint density at radius 2 is 2.15 bits per heavy atom. The van der Waals surface area contributed by atoms with E-state index in [1.165, 1.54) is 0 Å². The Morgan fingerprint density at radius 3 is 2.54 bits per heavy atom. The first-order valence-corrected chi connectivity index (χ1v) is 4.56. The molecule has 74 valence electrons. The van der Waals surface area contributed by atoms with Crippen LogP contribution in [0.3, 0.4) is 0 Å². The molecule has 0 unspecified atom stereocenters. The van der Waals surface area contributed by atoms with E-state index in [-0.39, 0.29) is 12.1 Å². The third-order valence-electron chi connectivity index (χ3n) is 1.84. The number of carbonyl (C=O) groups excluding carboxylic acids is 1. The highest BCUT2D eigenvalue weighted by Crippen LogP contribution is 2.15. The molecular formula is C10H17NO2. The molecule has 0 aromatic carbocycles. The van der Waals surface area contributed by atoms with E-state index in [1.807, 2.05) is 39.8 Å². The van der Waals surface area contributed by atoms with Gasteiger partial charge in [0.1, 0.15) is 5.60 Å². The summed E-state index contributed by atoms with van der Waals surface area (Å²) in [6, 6.07) is 0.162. The second-order valence-corrected chi connectivity index (χ2v) is 4.30. The molecule has 0 aromatic heterocycles. The maximum absolute atomic E-state index is 11.5. The van der Waals surface area contributed by atoms with Crippen molar-refractivity contribution in [1.29, 1.82) is 0 Å². The standard InChI is InChI=1S/C10H17NO2/c1-8-6-5-7-11(8)9(12)13-10(2,3)4/h5-6,8H,7H2,1-4H3/t8-/m1/s1. The number of nitrogens with zero attached hydrogens (tertiary/aromatic N) is 1. The third-order valence-corrected chi connectivity index (χ3v) is 1.84. The highest BCUT2D eigenvalue weighted by Gasteiger charge is 2.26. The molecule has 3 nitrogen and oxygen atoms in total. The van der Waals surface area contributed by atoms with Crippen molar-refractivity contribution in [3.8, 4) is 0 Å². The Balaban J connectivity index is 2.50. The molecule has 1 aliphatic rings.